The van der Waals surface area contributed by atoms with E-state index in [-0.39, 0.29) is 6.04 Å². The Morgan fingerprint density at radius 1 is 1.24 bits per heavy atom. The van der Waals surface area contributed by atoms with E-state index in [9.17, 15) is 0 Å². The highest BCUT2D eigenvalue weighted by molar-refractivity contribution is 5.11. The average molecular weight is 290 g/mol. The first kappa shape index (κ1) is 14.4. The molecule has 0 aromatic carbocycles. The fourth-order valence-corrected chi connectivity index (χ4v) is 2.68. The molecule has 1 aliphatic heterocycles. The van der Waals surface area contributed by atoms with Crippen LogP contribution in [0.15, 0.2) is 39.4 Å². The van der Waals surface area contributed by atoms with E-state index in [4.69, 9.17) is 13.6 Å². The number of hydrogen-bond acceptors (Lipinski definition) is 5. The molecule has 114 valence electrons. The van der Waals surface area contributed by atoms with Crippen LogP contribution in [0.5, 0.6) is 0 Å². The van der Waals surface area contributed by atoms with Gasteiger partial charge in [0.05, 0.1) is 32.1 Å². The summed E-state index contributed by atoms with van der Waals surface area (Å²) >= 11 is 0. The van der Waals surface area contributed by atoms with Gasteiger partial charge in [0, 0.05) is 19.6 Å². The fourth-order valence-electron chi connectivity index (χ4n) is 2.68. The Morgan fingerprint density at radius 3 is 2.76 bits per heavy atom. The Balaban J connectivity index is 1.63. The largest absolute Gasteiger partial charge is 0.468 e. The number of nitrogens with zero attached hydrogens (tertiary/aromatic N) is 1. The highest BCUT2D eigenvalue weighted by Crippen LogP contribution is 2.23. The van der Waals surface area contributed by atoms with E-state index in [0.717, 1.165) is 56.7 Å². The molecule has 1 N–H and O–H groups in total. The lowest BCUT2D eigenvalue weighted by Gasteiger charge is -2.33. The van der Waals surface area contributed by atoms with E-state index >= 15 is 0 Å². The Labute approximate surface area is 124 Å². The van der Waals surface area contributed by atoms with Crippen LogP contribution in [0, 0.1) is 6.92 Å². The molecule has 21 heavy (non-hydrogen) atoms. The summed E-state index contributed by atoms with van der Waals surface area (Å²) in [5.41, 5.74) is 0. The van der Waals surface area contributed by atoms with Gasteiger partial charge in [0.25, 0.3) is 0 Å². The molecular formula is C16H22N2O3. The summed E-state index contributed by atoms with van der Waals surface area (Å²) in [6.45, 7) is 6.99. The highest BCUT2D eigenvalue weighted by atomic mass is 16.5. The first-order valence-corrected chi connectivity index (χ1v) is 7.44. The second-order valence-corrected chi connectivity index (χ2v) is 5.32. The van der Waals surface area contributed by atoms with Gasteiger partial charge in [0.15, 0.2) is 0 Å². The lowest BCUT2D eigenvalue weighted by atomic mass is 10.1. The van der Waals surface area contributed by atoms with Crippen molar-refractivity contribution in [2.75, 3.05) is 32.8 Å². The van der Waals surface area contributed by atoms with Crippen molar-refractivity contribution in [1.29, 1.82) is 0 Å². The molecule has 5 heteroatoms. The minimum absolute atomic E-state index is 0.234. The Kier molecular flexibility index (Phi) is 4.75. The quantitative estimate of drug-likeness (QED) is 0.885. The summed E-state index contributed by atoms with van der Waals surface area (Å²) in [6.07, 6.45) is 1.70. The SMILES string of the molecule is Cc1ccc(C(CNCc2ccco2)N2CCOCC2)o1. The third-order valence-corrected chi connectivity index (χ3v) is 3.79. The lowest BCUT2D eigenvalue weighted by Crippen LogP contribution is -2.42. The molecule has 0 amide bonds. The molecule has 0 aliphatic carbocycles. The number of ether oxygens (including phenoxy) is 1. The monoisotopic (exact) mass is 290 g/mol. The van der Waals surface area contributed by atoms with Crippen LogP contribution in [0.1, 0.15) is 23.3 Å². The molecule has 2 aromatic rings. The van der Waals surface area contributed by atoms with Crippen LogP contribution < -0.4 is 5.32 Å². The minimum atomic E-state index is 0.234. The highest BCUT2D eigenvalue weighted by Gasteiger charge is 2.24. The molecule has 5 nitrogen and oxygen atoms in total. The van der Waals surface area contributed by atoms with E-state index in [1.165, 1.54) is 0 Å². The van der Waals surface area contributed by atoms with E-state index in [1.54, 1.807) is 6.26 Å². The van der Waals surface area contributed by atoms with Gasteiger partial charge in [-0.2, -0.15) is 0 Å². The molecule has 0 saturated carbocycles. The second-order valence-electron chi connectivity index (χ2n) is 5.32. The zero-order valence-electron chi connectivity index (χ0n) is 12.4. The van der Waals surface area contributed by atoms with Crippen molar-refractivity contribution in [3.8, 4) is 0 Å². The molecule has 3 rings (SSSR count). The Hall–Kier alpha value is -1.56. The summed E-state index contributed by atoms with van der Waals surface area (Å²) in [5.74, 6) is 2.92. The number of morpholine rings is 1. The first-order chi connectivity index (χ1) is 10.3. The van der Waals surface area contributed by atoms with Gasteiger partial charge in [-0.05, 0) is 31.2 Å². The summed E-state index contributed by atoms with van der Waals surface area (Å²) in [7, 11) is 0. The average Bonchev–Trinajstić information content (AvgIpc) is 3.16. The molecule has 1 aliphatic rings. The maximum Gasteiger partial charge on any atom is 0.122 e. The molecule has 2 aromatic heterocycles. The Bertz CT molecular complexity index is 529. The zero-order chi connectivity index (χ0) is 14.5. The van der Waals surface area contributed by atoms with Crippen LogP contribution in [0.25, 0.3) is 0 Å². The van der Waals surface area contributed by atoms with E-state index < -0.39 is 0 Å². The predicted molar refractivity (Wildman–Crippen MR) is 79.0 cm³/mol. The second kappa shape index (κ2) is 6.93. The van der Waals surface area contributed by atoms with Crippen molar-refractivity contribution in [3.05, 3.63) is 47.8 Å². The van der Waals surface area contributed by atoms with Gasteiger partial charge < -0.3 is 18.9 Å². The standard InChI is InChI=1S/C16H22N2O3/c1-13-4-5-16(21-13)15(18-6-9-19-10-7-18)12-17-11-14-3-2-8-20-14/h2-5,8,15,17H,6-7,9-12H2,1H3. The van der Waals surface area contributed by atoms with Crippen LogP contribution in [0.2, 0.25) is 0 Å². The van der Waals surface area contributed by atoms with Crippen LogP contribution in [-0.2, 0) is 11.3 Å². The number of rotatable bonds is 6. The zero-order valence-corrected chi connectivity index (χ0v) is 12.4. The van der Waals surface area contributed by atoms with Crippen LogP contribution in [0.4, 0.5) is 0 Å². The molecule has 3 heterocycles. The van der Waals surface area contributed by atoms with Gasteiger partial charge in [0.2, 0.25) is 0 Å². The third-order valence-electron chi connectivity index (χ3n) is 3.79. The van der Waals surface area contributed by atoms with Gasteiger partial charge in [-0.1, -0.05) is 0 Å². The van der Waals surface area contributed by atoms with E-state index in [1.807, 2.05) is 25.1 Å². The van der Waals surface area contributed by atoms with Gasteiger partial charge in [-0.15, -0.1) is 0 Å². The molecular weight excluding hydrogens is 268 g/mol. The fraction of sp³-hybridized carbons (Fsp3) is 0.500. The van der Waals surface area contributed by atoms with Gasteiger partial charge in [-0.25, -0.2) is 0 Å². The van der Waals surface area contributed by atoms with Crippen molar-refractivity contribution in [1.82, 2.24) is 10.2 Å². The maximum absolute atomic E-state index is 5.84. The normalized spacial score (nSPS) is 18.0. The summed E-state index contributed by atoms with van der Waals surface area (Å²) in [6, 6.07) is 8.22. The van der Waals surface area contributed by atoms with Crippen molar-refractivity contribution in [2.45, 2.75) is 19.5 Å². The van der Waals surface area contributed by atoms with Crippen molar-refractivity contribution in [2.24, 2.45) is 0 Å². The summed E-state index contributed by atoms with van der Waals surface area (Å²) in [4.78, 5) is 2.41. The molecule has 1 saturated heterocycles. The van der Waals surface area contributed by atoms with Crippen molar-refractivity contribution < 1.29 is 13.6 Å². The molecule has 1 unspecified atom stereocenters. The lowest BCUT2D eigenvalue weighted by molar-refractivity contribution is 0.0114. The van der Waals surface area contributed by atoms with Crippen molar-refractivity contribution >= 4 is 0 Å². The maximum atomic E-state index is 5.84. The first-order valence-electron chi connectivity index (χ1n) is 7.44. The molecule has 0 radical (unpaired) electrons. The number of nitrogens with one attached hydrogen (secondary N) is 1. The molecule has 0 spiro atoms. The molecule has 1 fully saturated rings. The minimum Gasteiger partial charge on any atom is -0.468 e. The van der Waals surface area contributed by atoms with Gasteiger partial charge >= 0.3 is 0 Å². The summed E-state index contributed by atoms with van der Waals surface area (Å²) in [5, 5.41) is 3.46. The topological polar surface area (TPSA) is 50.8 Å². The number of hydrogen-bond donors (Lipinski definition) is 1. The molecule has 0 bridgehead atoms. The van der Waals surface area contributed by atoms with Crippen LogP contribution in [0.3, 0.4) is 0 Å². The van der Waals surface area contributed by atoms with E-state index in [2.05, 4.69) is 16.3 Å². The molecule has 1 atom stereocenters. The van der Waals surface area contributed by atoms with Crippen molar-refractivity contribution in [3.63, 3.8) is 0 Å². The van der Waals surface area contributed by atoms with Crippen LogP contribution >= 0.6 is 0 Å². The van der Waals surface area contributed by atoms with Gasteiger partial charge in [0.1, 0.15) is 17.3 Å². The Morgan fingerprint density at radius 2 is 2.10 bits per heavy atom. The number of aryl methyl sites for hydroxylation is 1. The smallest absolute Gasteiger partial charge is 0.122 e. The van der Waals surface area contributed by atoms with Gasteiger partial charge in [-0.3, -0.25) is 4.90 Å². The van der Waals surface area contributed by atoms with Crippen LogP contribution in [-0.4, -0.2) is 37.7 Å². The van der Waals surface area contributed by atoms with E-state index in [0.29, 0.717) is 0 Å². The third kappa shape index (κ3) is 3.75. The predicted octanol–water partition coefficient (Wildman–Crippen LogP) is 2.34. The number of furan rings is 2. The summed E-state index contributed by atoms with van der Waals surface area (Å²) < 4.78 is 16.6.